The summed E-state index contributed by atoms with van der Waals surface area (Å²) in [4.78, 5) is 35.8. The van der Waals surface area contributed by atoms with E-state index in [0.717, 1.165) is 10.6 Å². The lowest BCUT2D eigenvalue weighted by Gasteiger charge is -2.16. The number of nitro benzene ring substituents is 1. The molecule has 1 aliphatic heterocycles. The van der Waals surface area contributed by atoms with E-state index in [0.29, 0.717) is 5.69 Å². The van der Waals surface area contributed by atoms with Crippen LogP contribution in [-0.4, -0.2) is 22.8 Å². The number of para-hydroxylation sites is 1. The monoisotopic (exact) mass is 311 g/mol. The van der Waals surface area contributed by atoms with E-state index in [9.17, 15) is 19.7 Å². The van der Waals surface area contributed by atoms with Gasteiger partial charge in [0.2, 0.25) is 5.91 Å². The van der Waals surface area contributed by atoms with Gasteiger partial charge in [-0.05, 0) is 24.3 Å². The number of nitro groups is 1. The van der Waals surface area contributed by atoms with E-state index in [1.807, 2.05) is 30.3 Å². The van der Waals surface area contributed by atoms with E-state index in [1.54, 1.807) is 0 Å². The number of carbonyl (C=O) groups excluding carboxylic acids is 2. The van der Waals surface area contributed by atoms with Crippen LogP contribution >= 0.6 is 0 Å². The van der Waals surface area contributed by atoms with Gasteiger partial charge in [-0.25, -0.2) is 4.90 Å². The van der Waals surface area contributed by atoms with Crippen LogP contribution in [0.5, 0.6) is 0 Å². The molecule has 116 valence electrons. The van der Waals surface area contributed by atoms with E-state index in [2.05, 4.69) is 5.32 Å². The molecule has 2 aromatic carbocycles. The van der Waals surface area contributed by atoms with Gasteiger partial charge in [0.1, 0.15) is 6.04 Å². The Hall–Kier alpha value is -3.22. The maximum atomic E-state index is 12.4. The predicted octanol–water partition coefficient (Wildman–Crippen LogP) is 2.34. The minimum absolute atomic E-state index is 0.0463. The van der Waals surface area contributed by atoms with Crippen LogP contribution in [0, 0.1) is 10.1 Å². The van der Waals surface area contributed by atoms with Crippen LogP contribution in [0.1, 0.15) is 6.42 Å². The van der Waals surface area contributed by atoms with Crippen molar-refractivity contribution in [1.29, 1.82) is 0 Å². The van der Waals surface area contributed by atoms with Crippen LogP contribution in [0.25, 0.3) is 0 Å². The van der Waals surface area contributed by atoms with Crippen molar-refractivity contribution in [3.8, 4) is 0 Å². The van der Waals surface area contributed by atoms with Crippen LogP contribution in [0.15, 0.2) is 54.6 Å². The fourth-order valence-electron chi connectivity index (χ4n) is 2.47. The van der Waals surface area contributed by atoms with Gasteiger partial charge in [-0.15, -0.1) is 0 Å². The Morgan fingerprint density at radius 3 is 2.30 bits per heavy atom. The molecule has 0 aromatic heterocycles. The first-order valence-electron chi connectivity index (χ1n) is 6.99. The van der Waals surface area contributed by atoms with Crippen LogP contribution in [-0.2, 0) is 9.59 Å². The fraction of sp³-hybridized carbons (Fsp3) is 0.125. The molecule has 1 heterocycles. The third-order valence-electron chi connectivity index (χ3n) is 3.58. The second kappa shape index (κ2) is 5.88. The molecule has 1 aliphatic rings. The number of non-ortho nitro benzene ring substituents is 1. The number of benzene rings is 2. The average molecular weight is 311 g/mol. The summed E-state index contributed by atoms with van der Waals surface area (Å²) in [6.07, 6.45) is 0.0463. The number of imide groups is 1. The van der Waals surface area contributed by atoms with Crippen molar-refractivity contribution >= 4 is 28.9 Å². The molecule has 23 heavy (non-hydrogen) atoms. The lowest BCUT2D eigenvalue weighted by molar-refractivity contribution is -0.384. The summed E-state index contributed by atoms with van der Waals surface area (Å²) in [6, 6.07) is 13.9. The number of nitrogens with zero attached hydrogens (tertiary/aromatic N) is 2. The topological polar surface area (TPSA) is 92.6 Å². The van der Waals surface area contributed by atoms with Crippen LogP contribution in [0.2, 0.25) is 0 Å². The predicted molar refractivity (Wildman–Crippen MR) is 84.1 cm³/mol. The molecule has 1 N–H and O–H groups in total. The van der Waals surface area contributed by atoms with E-state index in [4.69, 9.17) is 0 Å². The number of anilines is 2. The third-order valence-corrected chi connectivity index (χ3v) is 3.58. The molecule has 7 nitrogen and oxygen atoms in total. The first kappa shape index (κ1) is 14.7. The van der Waals surface area contributed by atoms with Gasteiger partial charge in [-0.2, -0.15) is 0 Å². The fourth-order valence-corrected chi connectivity index (χ4v) is 2.47. The number of amides is 2. The van der Waals surface area contributed by atoms with Crippen molar-refractivity contribution < 1.29 is 14.5 Å². The Kier molecular flexibility index (Phi) is 3.76. The van der Waals surface area contributed by atoms with Crippen molar-refractivity contribution in [2.45, 2.75) is 12.5 Å². The SMILES string of the molecule is O=C1C[C@H](Nc2ccccc2)C(=O)N1c1ccc([N+](=O)[O-])cc1. The maximum Gasteiger partial charge on any atom is 0.269 e. The zero-order valence-corrected chi connectivity index (χ0v) is 12.0. The Morgan fingerprint density at radius 1 is 1.04 bits per heavy atom. The van der Waals surface area contributed by atoms with Gasteiger partial charge in [0.05, 0.1) is 17.0 Å². The van der Waals surface area contributed by atoms with Gasteiger partial charge in [0.15, 0.2) is 0 Å². The lowest BCUT2D eigenvalue weighted by Crippen LogP contribution is -2.34. The quantitative estimate of drug-likeness (QED) is 0.531. The van der Waals surface area contributed by atoms with E-state index in [-0.39, 0.29) is 23.9 Å². The zero-order chi connectivity index (χ0) is 16.4. The number of rotatable bonds is 4. The van der Waals surface area contributed by atoms with E-state index < -0.39 is 11.0 Å². The van der Waals surface area contributed by atoms with Crippen LogP contribution in [0.4, 0.5) is 17.1 Å². The largest absolute Gasteiger partial charge is 0.373 e. The molecule has 0 bridgehead atoms. The first-order valence-corrected chi connectivity index (χ1v) is 6.99. The minimum Gasteiger partial charge on any atom is -0.373 e. The van der Waals surface area contributed by atoms with Gasteiger partial charge in [0, 0.05) is 17.8 Å². The smallest absolute Gasteiger partial charge is 0.269 e. The lowest BCUT2D eigenvalue weighted by atomic mass is 10.2. The summed E-state index contributed by atoms with van der Waals surface area (Å²) in [5, 5.41) is 13.7. The highest BCUT2D eigenvalue weighted by Crippen LogP contribution is 2.26. The molecule has 0 aliphatic carbocycles. The van der Waals surface area contributed by atoms with Crippen molar-refractivity contribution in [1.82, 2.24) is 0 Å². The molecule has 0 radical (unpaired) electrons. The average Bonchev–Trinajstić information content (AvgIpc) is 2.82. The standard InChI is InChI=1S/C16H13N3O4/c20-15-10-14(17-11-4-2-1-3-5-11)16(21)18(15)12-6-8-13(9-7-12)19(22)23/h1-9,14,17H,10H2/t14-/m0/s1. The highest BCUT2D eigenvalue weighted by molar-refractivity contribution is 6.23. The number of hydrogen-bond donors (Lipinski definition) is 1. The minimum atomic E-state index is -0.639. The van der Waals surface area contributed by atoms with Crippen molar-refractivity contribution in [3.63, 3.8) is 0 Å². The number of hydrogen-bond acceptors (Lipinski definition) is 5. The molecule has 1 atom stereocenters. The number of nitrogens with one attached hydrogen (secondary N) is 1. The van der Waals surface area contributed by atoms with E-state index in [1.165, 1.54) is 24.3 Å². The first-order chi connectivity index (χ1) is 11.1. The molecule has 1 fully saturated rings. The van der Waals surface area contributed by atoms with Crippen LogP contribution < -0.4 is 10.2 Å². The molecule has 3 rings (SSSR count). The zero-order valence-electron chi connectivity index (χ0n) is 12.0. The molecule has 2 amide bonds. The normalized spacial score (nSPS) is 17.4. The van der Waals surface area contributed by atoms with Gasteiger partial charge in [-0.1, -0.05) is 18.2 Å². The Labute approximate surface area is 131 Å². The molecule has 0 unspecified atom stereocenters. The molecule has 2 aromatic rings. The molecule has 0 saturated carbocycles. The van der Waals surface area contributed by atoms with Crippen molar-refractivity contribution in [2.75, 3.05) is 10.2 Å². The summed E-state index contributed by atoms with van der Waals surface area (Å²) in [5.41, 5.74) is 0.999. The Bertz CT molecular complexity index is 759. The van der Waals surface area contributed by atoms with Crippen molar-refractivity contribution in [3.05, 3.63) is 64.7 Å². The highest BCUT2D eigenvalue weighted by atomic mass is 16.6. The van der Waals surface area contributed by atoms with Crippen LogP contribution in [0.3, 0.4) is 0 Å². The number of carbonyl (C=O) groups is 2. The summed E-state index contributed by atoms with van der Waals surface area (Å²) < 4.78 is 0. The van der Waals surface area contributed by atoms with E-state index >= 15 is 0 Å². The van der Waals surface area contributed by atoms with Gasteiger partial charge in [0.25, 0.3) is 11.6 Å². The maximum absolute atomic E-state index is 12.4. The molecular weight excluding hydrogens is 298 g/mol. The Morgan fingerprint density at radius 2 is 1.70 bits per heavy atom. The second-order valence-corrected chi connectivity index (χ2v) is 5.11. The summed E-state index contributed by atoms with van der Waals surface area (Å²) in [5.74, 6) is -0.704. The van der Waals surface area contributed by atoms with Crippen molar-refractivity contribution in [2.24, 2.45) is 0 Å². The summed E-state index contributed by atoms with van der Waals surface area (Å²) >= 11 is 0. The second-order valence-electron chi connectivity index (χ2n) is 5.11. The third kappa shape index (κ3) is 2.89. The molecule has 7 heteroatoms. The molecular formula is C16H13N3O4. The molecule has 0 spiro atoms. The Balaban J connectivity index is 1.79. The highest BCUT2D eigenvalue weighted by Gasteiger charge is 2.39. The molecule has 1 saturated heterocycles. The van der Waals surface area contributed by atoms with Gasteiger partial charge < -0.3 is 5.32 Å². The van der Waals surface area contributed by atoms with Gasteiger partial charge >= 0.3 is 0 Å². The summed E-state index contributed by atoms with van der Waals surface area (Å²) in [7, 11) is 0. The summed E-state index contributed by atoms with van der Waals surface area (Å²) in [6.45, 7) is 0. The van der Waals surface area contributed by atoms with Gasteiger partial charge in [-0.3, -0.25) is 19.7 Å².